The Bertz CT molecular complexity index is 744. The number of aromatic amines is 1. The number of alkyl halides is 3. The number of carbonyl (C=O) groups is 2. The van der Waals surface area contributed by atoms with Crippen LogP contribution in [0.1, 0.15) is 26.4 Å². The maximum absolute atomic E-state index is 12.0. The van der Waals surface area contributed by atoms with Crippen LogP contribution in [0.2, 0.25) is 0 Å². The third-order valence-corrected chi connectivity index (χ3v) is 3.39. The number of H-pyrrole nitrogens is 1. The Morgan fingerprint density at radius 3 is 2.32 bits per heavy atom. The number of benzene rings is 1. The first-order valence-electron chi connectivity index (χ1n) is 6.92. The lowest BCUT2D eigenvalue weighted by Crippen LogP contribution is -2.41. The van der Waals surface area contributed by atoms with Gasteiger partial charge in [0.2, 0.25) is 0 Å². The quantitative estimate of drug-likeness (QED) is 0.651. The molecule has 0 atom stereocenters. The molecule has 134 valence electrons. The molecule has 0 bridgehead atoms. The van der Waals surface area contributed by atoms with Gasteiger partial charge in [-0.15, -0.1) is 0 Å². The molecule has 0 saturated carbocycles. The van der Waals surface area contributed by atoms with Crippen molar-refractivity contribution in [3.63, 3.8) is 0 Å². The van der Waals surface area contributed by atoms with E-state index in [1.807, 2.05) is 0 Å². The second kappa shape index (κ2) is 8.17. The summed E-state index contributed by atoms with van der Waals surface area (Å²) in [6.07, 6.45) is -2.82. The van der Waals surface area contributed by atoms with Crippen LogP contribution in [0.5, 0.6) is 0 Å². The summed E-state index contributed by atoms with van der Waals surface area (Å²) in [6.45, 7) is -1.56. The van der Waals surface area contributed by atoms with E-state index in [4.69, 9.17) is 0 Å². The largest absolute Gasteiger partial charge is 0.411 e. The predicted molar refractivity (Wildman–Crippen MR) is 85.6 cm³/mol. The lowest BCUT2D eigenvalue weighted by Gasteiger charge is -2.09. The summed E-state index contributed by atoms with van der Waals surface area (Å²) in [5.74, 6) is -1.10. The van der Waals surface area contributed by atoms with Crippen molar-refractivity contribution in [2.75, 3.05) is 6.61 Å². The minimum atomic E-state index is -4.38. The highest BCUT2D eigenvalue weighted by atomic mass is 79.9. The molecule has 0 aliphatic carbocycles. The van der Waals surface area contributed by atoms with E-state index in [1.54, 1.807) is 6.20 Å². The molecule has 3 N–H and O–H groups in total. The molecule has 25 heavy (non-hydrogen) atoms. The van der Waals surface area contributed by atoms with Crippen molar-refractivity contribution in [1.82, 2.24) is 15.8 Å². The van der Waals surface area contributed by atoms with Gasteiger partial charge in [-0.1, -0.05) is 12.1 Å². The Balaban J connectivity index is 1.82. The van der Waals surface area contributed by atoms with E-state index in [9.17, 15) is 22.8 Å². The molecule has 10 heteroatoms. The van der Waals surface area contributed by atoms with Crippen molar-refractivity contribution in [3.05, 3.63) is 57.8 Å². The third kappa shape index (κ3) is 6.24. The molecule has 1 heterocycles. The van der Waals surface area contributed by atoms with Gasteiger partial charge in [0.15, 0.2) is 0 Å². The molecule has 0 aliphatic heterocycles. The summed E-state index contributed by atoms with van der Waals surface area (Å²) in [5, 5.41) is 0. The van der Waals surface area contributed by atoms with E-state index >= 15 is 0 Å². The van der Waals surface area contributed by atoms with Gasteiger partial charge in [-0.25, -0.2) is 0 Å². The maximum Gasteiger partial charge on any atom is 0.411 e. The van der Waals surface area contributed by atoms with E-state index < -0.39 is 24.6 Å². The predicted octanol–water partition coefficient (Wildman–Crippen LogP) is 2.93. The summed E-state index contributed by atoms with van der Waals surface area (Å²) in [5.41, 5.74) is 5.44. The third-order valence-electron chi connectivity index (χ3n) is 2.93. The van der Waals surface area contributed by atoms with Gasteiger partial charge < -0.3 is 9.72 Å². The summed E-state index contributed by atoms with van der Waals surface area (Å²) < 4.78 is 41.2. The normalized spacial score (nSPS) is 11.2. The SMILES string of the molecule is O=C(NNC(=O)c1cc(Br)c[nH]1)c1ccc(COCC(F)(F)F)cc1. The molecule has 0 fully saturated rings. The van der Waals surface area contributed by atoms with Crippen molar-refractivity contribution in [1.29, 1.82) is 0 Å². The van der Waals surface area contributed by atoms with E-state index in [0.29, 0.717) is 10.0 Å². The van der Waals surface area contributed by atoms with E-state index in [-0.39, 0.29) is 17.9 Å². The van der Waals surface area contributed by atoms with Crippen LogP contribution in [0.4, 0.5) is 13.2 Å². The van der Waals surface area contributed by atoms with Crippen molar-refractivity contribution in [2.45, 2.75) is 12.8 Å². The number of nitrogens with one attached hydrogen (secondary N) is 3. The van der Waals surface area contributed by atoms with Crippen LogP contribution in [0.25, 0.3) is 0 Å². The fraction of sp³-hybridized carbons (Fsp3) is 0.200. The molecule has 1 aromatic carbocycles. The first-order chi connectivity index (χ1) is 11.7. The van der Waals surface area contributed by atoms with E-state index in [2.05, 4.69) is 36.5 Å². The van der Waals surface area contributed by atoms with Gasteiger partial charge in [0.1, 0.15) is 12.3 Å². The van der Waals surface area contributed by atoms with Crippen LogP contribution >= 0.6 is 15.9 Å². The highest BCUT2D eigenvalue weighted by Crippen LogP contribution is 2.16. The number of hydrogen-bond donors (Lipinski definition) is 3. The zero-order chi connectivity index (χ0) is 18.4. The number of ether oxygens (including phenoxy) is 1. The molecule has 0 unspecified atom stereocenters. The second-order valence-corrected chi connectivity index (χ2v) is 5.86. The minimum absolute atomic E-state index is 0.222. The molecule has 1 aromatic heterocycles. The first-order valence-corrected chi connectivity index (χ1v) is 7.72. The number of hydrogen-bond acceptors (Lipinski definition) is 3. The summed E-state index contributed by atoms with van der Waals surface area (Å²) >= 11 is 3.18. The number of halogens is 4. The Morgan fingerprint density at radius 2 is 1.76 bits per heavy atom. The van der Waals surface area contributed by atoms with Gasteiger partial charge in [0.25, 0.3) is 11.8 Å². The zero-order valence-electron chi connectivity index (χ0n) is 12.6. The monoisotopic (exact) mass is 419 g/mol. The molecule has 6 nitrogen and oxygen atoms in total. The number of carbonyl (C=O) groups excluding carboxylic acids is 2. The minimum Gasteiger partial charge on any atom is -0.367 e. The van der Waals surface area contributed by atoms with Gasteiger partial charge >= 0.3 is 6.18 Å². The molecule has 0 saturated heterocycles. The average molecular weight is 420 g/mol. The fourth-order valence-electron chi connectivity index (χ4n) is 1.79. The number of aromatic nitrogens is 1. The number of amides is 2. The molecular formula is C15H13BrF3N3O3. The first kappa shape index (κ1) is 19.0. The topological polar surface area (TPSA) is 83.2 Å². The fourth-order valence-corrected chi connectivity index (χ4v) is 2.13. The van der Waals surface area contributed by atoms with Crippen LogP contribution in [0, 0.1) is 0 Å². The van der Waals surface area contributed by atoms with Crippen molar-refractivity contribution in [2.24, 2.45) is 0 Å². The van der Waals surface area contributed by atoms with Crippen molar-refractivity contribution in [3.8, 4) is 0 Å². The van der Waals surface area contributed by atoms with Crippen LogP contribution in [0.15, 0.2) is 41.0 Å². The summed E-state index contributed by atoms with van der Waals surface area (Å²) in [7, 11) is 0. The van der Waals surface area contributed by atoms with Gasteiger partial charge in [-0.3, -0.25) is 20.4 Å². The maximum atomic E-state index is 12.0. The van der Waals surface area contributed by atoms with E-state index in [0.717, 1.165) is 0 Å². The Kier molecular flexibility index (Phi) is 6.21. The molecule has 0 spiro atoms. The molecule has 0 radical (unpaired) electrons. The highest BCUT2D eigenvalue weighted by molar-refractivity contribution is 9.10. The van der Waals surface area contributed by atoms with Gasteiger partial charge in [-0.05, 0) is 39.7 Å². The lowest BCUT2D eigenvalue weighted by atomic mass is 10.1. The van der Waals surface area contributed by atoms with Crippen LogP contribution in [-0.2, 0) is 11.3 Å². The molecule has 0 aliphatic rings. The molecular weight excluding hydrogens is 407 g/mol. The Hall–Kier alpha value is -2.33. The smallest absolute Gasteiger partial charge is 0.367 e. The van der Waals surface area contributed by atoms with Crippen molar-refractivity contribution >= 4 is 27.7 Å². The second-order valence-electron chi connectivity index (χ2n) is 4.94. The average Bonchev–Trinajstić information content (AvgIpc) is 2.98. The zero-order valence-corrected chi connectivity index (χ0v) is 14.2. The molecule has 2 aromatic rings. The van der Waals surface area contributed by atoms with Crippen LogP contribution in [0.3, 0.4) is 0 Å². The van der Waals surface area contributed by atoms with E-state index in [1.165, 1.54) is 30.3 Å². The Morgan fingerprint density at radius 1 is 1.12 bits per heavy atom. The molecule has 2 amide bonds. The number of rotatable bonds is 5. The van der Waals surface area contributed by atoms with Gasteiger partial charge in [0, 0.05) is 16.2 Å². The Labute approximate surface area is 148 Å². The lowest BCUT2D eigenvalue weighted by molar-refractivity contribution is -0.176. The summed E-state index contributed by atoms with van der Waals surface area (Å²) in [6, 6.07) is 7.31. The summed E-state index contributed by atoms with van der Waals surface area (Å²) in [4.78, 5) is 26.4. The number of hydrazine groups is 1. The highest BCUT2D eigenvalue weighted by Gasteiger charge is 2.27. The van der Waals surface area contributed by atoms with Crippen LogP contribution in [-0.4, -0.2) is 29.6 Å². The van der Waals surface area contributed by atoms with Crippen LogP contribution < -0.4 is 10.9 Å². The standard InChI is InChI=1S/C15H13BrF3N3O3/c16-11-5-12(20-6-11)14(24)22-21-13(23)10-3-1-9(2-4-10)7-25-8-15(17,18)19/h1-6,20H,7-8H2,(H,21,23)(H,22,24). The van der Waals surface area contributed by atoms with Gasteiger partial charge in [-0.2, -0.15) is 13.2 Å². The van der Waals surface area contributed by atoms with Crippen molar-refractivity contribution < 1.29 is 27.5 Å². The van der Waals surface area contributed by atoms with Gasteiger partial charge in [0.05, 0.1) is 6.61 Å². The molecule has 2 rings (SSSR count).